The lowest BCUT2D eigenvalue weighted by Gasteiger charge is -2.07. The van der Waals surface area contributed by atoms with Gasteiger partial charge in [0.25, 0.3) is 0 Å². The van der Waals surface area contributed by atoms with E-state index in [9.17, 15) is 4.79 Å². The van der Waals surface area contributed by atoms with Gasteiger partial charge >= 0.3 is 5.97 Å². The van der Waals surface area contributed by atoms with Gasteiger partial charge in [0, 0.05) is 0 Å². The predicted octanol–water partition coefficient (Wildman–Crippen LogP) is 3.78. The lowest BCUT2D eigenvalue weighted by molar-refractivity contribution is 0.0471. The van der Waals surface area contributed by atoms with Crippen LogP contribution in [-0.2, 0) is 17.9 Å². The second-order valence-electron chi connectivity index (χ2n) is 6.08. The summed E-state index contributed by atoms with van der Waals surface area (Å²) in [6, 6.07) is 19.1. The fraction of sp³-hybridized carbons (Fsp3) is 0.190. The highest BCUT2D eigenvalue weighted by molar-refractivity contribution is 5.91. The monoisotopic (exact) mass is 345 g/mol. The Morgan fingerprint density at radius 1 is 1.12 bits per heavy atom. The first-order valence-electron chi connectivity index (χ1n) is 8.32. The van der Waals surface area contributed by atoms with E-state index in [0.29, 0.717) is 23.4 Å². The SMILES string of the molecule is Cc1nn(Cc2ccccc2)c(C)c1C(=O)OCc1cccc(C#N)c1. The van der Waals surface area contributed by atoms with Gasteiger partial charge in [0.05, 0.1) is 29.6 Å². The second kappa shape index (κ2) is 7.66. The molecule has 0 radical (unpaired) electrons. The Morgan fingerprint density at radius 3 is 2.58 bits per heavy atom. The van der Waals surface area contributed by atoms with Gasteiger partial charge in [-0.05, 0) is 37.1 Å². The van der Waals surface area contributed by atoms with E-state index in [4.69, 9.17) is 10.00 Å². The van der Waals surface area contributed by atoms with Crippen molar-refractivity contribution in [2.75, 3.05) is 0 Å². The molecule has 130 valence electrons. The highest BCUT2D eigenvalue weighted by Gasteiger charge is 2.20. The molecule has 0 bridgehead atoms. The van der Waals surface area contributed by atoms with E-state index in [1.165, 1.54) is 0 Å². The second-order valence-corrected chi connectivity index (χ2v) is 6.08. The molecule has 5 heteroatoms. The van der Waals surface area contributed by atoms with Gasteiger partial charge in [-0.2, -0.15) is 10.4 Å². The smallest absolute Gasteiger partial charge is 0.342 e. The van der Waals surface area contributed by atoms with Crippen LogP contribution in [0, 0.1) is 25.2 Å². The molecule has 0 atom stereocenters. The zero-order valence-corrected chi connectivity index (χ0v) is 14.8. The van der Waals surface area contributed by atoms with Gasteiger partial charge in [-0.1, -0.05) is 42.5 Å². The molecule has 1 heterocycles. The molecule has 0 aliphatic rings. The van der Waals surface area contributed by atoms with Crippen LogP contribution in [0.25, 0.3) is 0 Å². The molecule has 0 N–H and O–H groups in total. The molecule has 0 aliphatic carbocycles. The summed E-state index contributed by atoms with van der Waals surface area (Å²) >= 11 is 0. The van der Waals surface area contributed by atoms with Crippen LogP contribution < -0.4 is 0 Å². The van der Waals surface area contributed by atoms with E-state index in [2.05, 4.69) is 11.2 Å². The van der Waals surface area contributed by atoms with Gasteiger partial charge in [0.1, 0.15) is 12.2 Å². The Morgan fingerprint density at radius 2 is 1.85 bits per heavy atom. The molecular formula is C21H19N3O2. The summed E-state index contributed by atoms with van der Waals surface area (Å²) in [6.07, 6.45) is 0. The largest absolute Gasteiger partial charge is 0.457 e. The van der Waals surface area contributed by atoms with Crippen LogP contribution in [0.4, 0.5) is 0 Å². The number of ether oxygens (including phenoxy) is 1. The van der Waals surface area contributed by atoms with Crippen LogP contribution in [0.15, 0.2) is 54.6 Å². The van der Waals surface area contributed by atoms with Crippen LogP contribution in [0.5, 0.6) is 0 Å². The predicted molar refractivity (Wildman–Crippen MR) is 97.5 cm³/mol. The minimum Gasteiger partial charge on any atom is -0.457 e. The third-order valence-corrected chi connectivity index (χ3v) is 4.19. The summed E-state index contributed by atoms with van der Waals surface area (Å²) in [6.45, 7) is 4.40. The molecule has 2 aromatic carbocycles. The van der Waals surface area contributed by atoms with E-state index in [-0.39, 0.29) is 6.61 Å². The maximum absolute atomic E-state index is 12.5. The van der Waals surface area contributed by atoms with Gasteiger partial charge in [0.15, 0.2) is 0 Å². The van der Waals surface area contributed by atoms with Crippen LogP contribution in [0.1, 0.15) is 38.4 Å². The molecule has 0 spiro atoms. The number of hydrogen-bond donors (Lipinski definition) is 0. The van der Waals surface area contributed by atoms with Gasteiger partial charge in [-0.3, -0.25) is 4.68 Å². The maximum atomic E-state index is 12.5. The number of carbonyl (C=O) groups excluding carboxylic acids is 1. The summed E-state index contributed by atoms with van der Waals surface area (Å²) in [5.74, 6) is -0.401. The molecule has 1 aromatic heterocycles. The molecule has 0 amide bonds. The maximum Gasteiger partial charge on any atom is 0.342 e. The molecule has 0 saturated heterocycles. The first-order valence-corrected chi connectivity index (χ1v) is 8.32. The van der Waals surface area contributed by atoms with E-state index in [0.717, 1.165) is 16.8 Å². The summed E-state index contributed by atoms with van der Waals surface area (Å²) in [7, 11) is 0. The van der Waals surface area contributed by atoms with Gasteiger partial charge < -0.3 is 4.74 Å². The van der Waals surface area contributed by atoms with Crippen molar-refractivity contribution in [3.8, 4) is 6.07 Å². The fourth-order valence-electron chi connectivity index (χ4n) is 2.85. The quantitative estimate of drug-likeness (QED) is 0.660. The van der Waals surface area contributed by atoms with E-state index < -0.39 is 5.97 Å². The summed E-state index contributed by atoms with van der Waals surface area (Å²) < 4.78 is 7.25. The molecular weight excluding hydrogens is 326 g/mol. The van der Waals surface area contributed by atoms with Gasteiger partial charge in [-0.15, -0.1) is 0 Å². The molecule has 0 unspecified atom stereocenters. The number of rotatable bonds is 5. The molecule has 3 rings (SSSR count). The first kappa shape index (κ1) is 17.4. The van der Waals surface area contributed by atoms with Crippen molar-refractivity contribution < 1.29 is 9.53 Å². The number of aromatic nitrogens is 2. The Balaban J connectivity index is 1.74. The zero-order chi connectivity index (χ0) is 18.5. The lowest BCUT2D eigenvalue weighted by atomic mass is 10.1. The molecule has 26 heavy (non-hydrogen) atoms. The number of aryl methyl sites for hydroxylation is 1. The Bertz CT molecular complexity index is 969. The van der Waals surface area contributed by atoms with E-state index in [1.54, 1.807) is 25.1 Å². The van der Waals surface area contributed by atoms with Crippen molar-refractivity contribution in [1.29, 1.82) is 5.26 Å². The van der Waals surface area contributed by atoms with Crippen LogP contribution in [0.3, 0.4) is 0 Å². The summed E-state index contributed by atoms with van der Waals surface area (Å²) in [5.41, 5.74) is 4.37. The number of hydrogen-bond acceptors (Lipinski definition) is 4. The van der Waals surface area contributed by atoms with Crippen LogP contribution in [0.2, 0.25) is 0 Å². The van der Waals surface area contributed by atoms with E-state index >= 15 is 0 Å². The van der Waals surface area contributed by atoms with Crippen LogP contribution in [-0.4, -0.2) is 15.7 Å². The molecule has 0 fully saturated rings. The topological polar surface area (TPSA) is 67.9 Å². The minimum atomic E-state index is -0.401. The van der Waals surface area contributed by atoms with Crippen molar-refractivity contribution in [3.63, 3.8) is 0 Å². The van der Waals surface area contributed by atoms with Crippen molar-refractivity contribution in [2.24, 2.45) is 0 Å². The molecule has 5 nitrogen and oxygen atoms in total. The standard InChI is InChI=1S/C21H19N3O2/c1-15-20(16(2)24(23-15)13-17-7-4-3-5-8-17)21(25)26-14-19-10-6-9-18(11-19)12-22/h3-11H,13-14H2,1-2H3. The number of benzene rings is 2. The van der Waals surface area contributed by atoms with Crippen LogP contribution >= 0.6 is 0 Å². The zero-order valence-electron chi connectivity index (χ0n) is 14.8. The average molecular weight is 345 g/mol. The minimum absolute atomic E-state index is 0.122. The Hall–Kier alpha value is -3.39. The number of esters is 1. The highest BCUT2D eigenvalue weighted by Crippen LogP contribution is 2.17. The summed E-state index contributed by atoms with van der Waals surface area (Å²) in [5, 5.41) is 13.4. The molecule has 3 aromatic rings. The third kappa shape index (κ3) is 3.81. The normalized spacial score (nSPS) is 10.3. The van der Waals surface area contributed by atoms with Crippen molar-refractivity contribution in [1.82, 2.24) is 9.78 Å². The van der Waals surface area contributed by atoms with Crippen molar-refractivity contribution in [3.05, 3.63) is 88.2 Å². The number of nitrogens with zero attached hydrogens (tertiary/aromatic N) is 3. The first-order chi connectivity index (χ1) is 12.6. The Kier molecular flexibility index (Phi) is 5.14. The molecule has 0 saturated carbocycles. The third-order valence-electron chi connectivity index (χ3n) is 4.19. The average Bonchev–Trinajstić information content (AvgIpc) is 2.94. The Labute approximate surface area is 152 Å². The molecule has 0 aliphatic heterocycles. The highest BCUT2D eigenvalue weighted by atomic mass is 16.5. The van der Waals surface area contributed by atoms with Crippen molar-refractivity contribution >= 4 is 5.97 Å². The summed E-state index contributed by atoms with van der Waals surface area (Å²) in [4.78, 5) is 12.5. The van der Waals surface area contributed by atoms with Crippen molar-refractivity contribution in [2.45, 2.75) is 27.0 Å². The fourth-order valence-corrected chi connectivity index (χ4v) is 2.85. The lowest BCUT2D eigenvalue weighted by Crippen LogP contribution is -2.09. The van der Waals surface area contributed by atoms with Gasteiger partial charge in [-0.25, -0.2) is 4.79 Å². The number of nitriles is 1. The number of carbonyl (C=O) groups is 1. The van der Waals surface area contributed by atoms with Gasteiger partial charge in [0.2, 0.25) is 0 Å². The van der Waals surface area contributed by atoms with E-state index in [1.807, 2.05) is 48.0 Å².